The fraction of sp³-hybridized carbons (Fsp3) is 0.300. The summed E-state index contributed by atoms with van der Waals surface area (Å²) in [6.07, 6.45) is 1.24. The number of nitrogen functional groups attached to an aromatic ring is 1. The van der Waals surface area contributed by atoms with Crippen molar-refractivity contribution < 1.29 is 14.3 Å². The van der Waals surface area contributed by atoms with Gasteiger partial charge < -0.3 is 10.5 Å². The molecule has 0 radical (unpaired) electrons. The van der Waals surface area contributed by atoms with Crippen LogP contribution in [0.5, 0.6) is 0 Å². The normalized spacial score (nSPS) is 11.1. The summed E-state index contributed by atoms with van der Waals surface area (Å²) < 4.78 is 6.98. The highest BCUT2D eigenvalue weighted by Crippen LogP contribution is 2.11. The Morgan fingerprint density at radius 1 is 1.17 bits per heavy atom. The van der Waals surface area contributed by atoms with E-state index in [1.807, 2.05) is 13.8 Å². The number of hydrogen-bond acceptors (Lipinski definition) is 8. The number of hydrogen-bond donors (Lipinski definition) is 1. The molecule has 0 bridgehead atoms. The zero-order valence-corrected chi connectivity index (χ0v) is 16.8. The number of fused-ring (bicyclic) bond motifs is 1. The number of ketones is 1. The van der Waals surface area contributed by atoms with E-state index in [-0.39, 0.29) is 24.0 Å². The molecule has 3 aromatic rings. The molecule has 10 heteroatoms. The van der Waals surface area contributed by atoms with Crippen molar-refractivity contribution in [2.24, 2.45) is 13.0 Å². The van der Waals surface area contributed by atoms with Crippen LogP contribution in [-0.4, -0.2) is 37.5 Å². The first-order valence-electron chi connectivity index (χ1n) is 9.22. The maximum atomic E-state index is 12.6. The number of aromatic nitrogens is 4. The second-order valence-corrected chi connectivity index (χ2v) is 7.15. The minimum Gasteiger partial charge on any atom is -0.453 e. The Kier molecular flexibility index (Phi) is 5.77. The Balaban J connectivity index is 1.85. The van der Waals surface area contributed by atoms with Crippen LogP contribution in [0.2, 0.25) is 0 Å². The SMILES string of the molecule is CC(C)Cn1c(N)c(C(=O)COC(=O)c2cnc3ccccc3n2)c(=O)n(C)c1=O. The maximum Gasteiger partial charge on any atom is 0.359 e. The van der Waals surface area contributed by atoms with E-state index in [0.29, 0.717) is 11.0 Å². The molecule has 0 aliphatic carbocycles. The molecule has 3 rings (SSSR count). The van der Waals surface area contributed by atoms with E-state index in [1.165, 1.54) is 13.2 Å². The van der Waals surface area contributed by atoms with Crippen molar-refractivity contribution in [2.45, 2.75) is 20.4 Å². The number of rotatable bonds is 6. The van der Waals surface area contributed by atoms with Crippen LogP contribution in [-0.2, 0) is 18.3 Å². The minimum absolute atomic E-state index is 0.0507. The molecule has 1 aromatic carbocycles. The van der Waals surface area contributed by atoms with Crippen LogP contribution in [0, 0.1) is 5.92 Å². The van der Waals surface area contributed by atoms with Crippen molar-refractivity contribution in [3.05, 3.63) is 62.6 Å². The third kappa shape index (κ3) is 3.97. The summed E-state index contributed by atoms with van der Waals surface area (Å²) in [5.74, 6) is -1.88. The summed E-state index contributed by atoms with van der Waals surface area (Å²) in [6, 6.07) is 6.97. The molecule has 2 N–H and O–H groups in total. The van der Waals surface area contributed by atoms with Gasteiger partial charge in [0, 0.05) is 13.6 Å². The molecule has 10 nitrogen and oxygen atoms in total. The van der Waals surface area contributed by atoms with Gasteiger partial charge in [0.1, 0.15) is 11.4 Å². The Morgan fingerprint density at radius 2 is 1.83 bits per heavy atom. The fourth-order valence-corrected chi connectivity index (χ4v) is 2.92. The molecule has 156 valence electrons. The second kappa shape index (κ2) is 8.27. The largest absolute Gasteiger partial charge is 0.453 e. The van der Waals surface area contributed by atoms with Crippen molar-refractivity contribution >= 4 is 28.6 Å². The maximum absolute atomic E-state index is 12.6. The van der Waals surface area contributed by atoms with Gasteiger partial charge in [-0.15, -0.1) is 0 Å². The highest BCUT2D eigenvalue weighted by atomic mass is 16.5. The highest BCUT2D eigenvalue weighted by molar-refractivity contribution is 6.02. The Morgan fingerprint density at radius 3 is 2.50 bits per heavy atom. The summed E-state index contributed by atoms with van der Waals surface area (Å²) >= 11 is 0. The highest BCUT2D eigenvalue weighted by Gasteiger charge is 2.23. The van der Waals surface area contributed by atoms with Gasteiger partial charge in [0.05, 0.1) is 17.2 Å². The predicted molar refractivity (Wildman–Crippen MR) is 109 cm³/mol. The van der Waals surface area contributed by atoms with Crippen molar-refractivity contribution in [1.82, 2.24) is 19.1 Å². The average Bonchev–Trinajstić information content (AvgIpc) is 2.73. The summed E-state index contributed by atoms with van der Waals surface area (Å²) in [5, 5.41) is 0. The summed E-state index contributed by atoms with van der Waals surface area (Å²) in [4.78, 5) is 57.9. The van der Waals surface area contributed by atoms with Gasteiger partial charge in [-0.1, -0.05) is 26.0 Å². The standard InChI is InChI=1S/C20H21N5O5/c1-11(2)9-25-17(21)16(18(27)24(3)20(25)29)15(26)10-30-19(28)14-8-22-12-6-4-5-7-13(12)23-14/h4-8,11H,9-10,21H2,1-3H3. The molecule has 0 atom stereocenters. The van der Waals surface area contributed by atoms with E-state index in [9.17, 15) is 19.2 Å². The van der Waals surface area contributed by atoms with E-state index in [2.05, 4.69) is 9.97 Å². The minimum atomic E-state index is -0.868. The van der Waals surface area contributed by atoms with Crippen LogP contribution in [0.1, 0.15) is 34.7 Å². The Bertz CT molecular complexity index is 1260. The third-order valence-electron chi connectivity index (χ3n) is 4.40. The number of benzene rings is 1. The number of nitrogens with two attached hydrogens (primary N) is 1. The van der Waals surface area contributed by atoms with Gasteiger partial charge in [0.2, 0.25) is 5.78 Å². The fourth-order valence-electron chi connectivity index (χ4n) is 2.92. The average molecular weight is 411 g/mol. The number of ether oxygens (including phenoxy) is 1. The first kappa shape index (κ1) is 20.9. The van der Waals surface area contributed by atoms with Gasteiger partial charge in [-0.2, -0.15) is 0 Å². The first-order chi connectivity index (χ1) is 14.2. The summed E-state index contributed by atoms with van der Waals surface area (Å²) in [6.45, 7) is 3.23. The molecular weight excluding hydrogens is 390 g/mol. The van der Waals surface area contributed by atoms with Crippen LogP contribution in [0.4, 0.5) is 5.82 Å². The molecule has 2 aromatic heterocycles. The molecule has 2 heterocycles. The third-order valence-corrected chi connectivity index (χ3v) is 4.40. The van der Waals surface area contributed by atoms with Crippen molar-refractivity contribution in [1.29, 1.82) is 0 Å². The van der Waals surface area contributed by atoms with Gasteiger partial charge in [-0.05, 0) is 18.1 Å². The van der Waals surface area contributed by atoms with Gasteiger partial charge in [0.15, 0.2) is 12.3 Å². The second-order valence-electron chi connectivity index (χ2n) is 7.15. The number of anilines is 1. The van der Waals surface area contributed by atoms with Gasteiger partial charge >= 0.3 is 11.7 Å². The van der Waals surface area contributed by atoms with Gasteiger partial charge in [-0.3, -0.25) is 23.7 Å². The molecule has 30 heavy (non-hydrogen) atoms. The monoisotopic (exact) mass is 411 g/mol. The number of nitrogens with zero attached hydrogens (tertiary/aromatic N) is 4. The molecular formula is C20H21N5O5. The molecule has 0 saturated heterocycles. The lowest BCUT2D eigenvalue weighted by Gasteiger charge is -2.16. The van der Waals surface area contributed by atoms with Crippen LogP contribution in [0.15, 0.2) is 40.1 Å². The molecule has 0 spiro atoms. The molecule has 0 saturated carbocycles. The summed E-state index contributed by atoms with van der Waals surface area (Å²) in [7, 11) is 1.26. The Labute approximate surface area is 170 Å². The lowest BCUT2D eigenvalue weighted by atomic mass is 10.1. The smallest absolute Gasteiger partial charge is 0.359 e. The van der Waals surface area contributed by atoms with E-state index >= 15 is 0 Å². The molecule has 0 aliphatic heterocycles. The molecule has 0 unspecified atom stereocenters. The van der Waals surface area contributed by atoms with Crippen molar-refractivity contribution in [2.75, 3.05) is 12.3 Å². The van der Waals surface area contributed by atoms with E-state index in [1.54, 1.807) is 24.3 Å². The Hall–Kier alpha value is -3.82. The lowest BCUT2D eigenvalue weighted by Crippen LogP contribution is -2.43. The zero-order valence-electron chi connectivity index (χ0n) is 16.8. The van der Waals surface area contributed by atoms with Crippen LogP contribution < -0.4 is 17.0 Å². The van der Waals surface area contributed by atoms with Crippen molar-refractivity contribution in [3.8, 4) is 0 Å². The van der Waals surface area contributed by atoms with E-state index < -0.39 is 35.2 Å². The molecule has 0 aliphatic rings. The number of carbonyl (C=O) groups is 2. The predicted octanol–water partition coefficient (Wildman–Crippen LogP) is 0.768. The van der Waals surface area contributed by atoms with Crippen LogP contribution in [0.3, 0.4) is 0 Å². The quantitative estimate of drug-likeness (QED) is 0.463. The van der Waals surface area contributed by atoms with Gasteiger partial charge in [0.25, 0.3) is 5.56 Å². The number of para-hydroxylation sites is 2. The molecule has 0 fully saturated rings. The topological polar surface area (TPSA) is 139 Å². The van der Waals surface area contributed by atoms with E-state index in [0.717, 1.165) is 9.13 Å². The molecule has 0 amide bonds. The number of Topliss-reactive ketones (excluding diaryl/α,β-unsaturated/α-hetero) is 1. The van der Waals surface area contributed by atoms with E-state index in [4.69, 9.17) is 10.5 Å². The van der Waals surface area contributed by atoms with Crippen LogP contribution >= 0.6 is 0 Å². The number of carbonyl (C=O) groups excluding carboxylic acids is 2. The zero-order chi connectivity index (χ0) is 22.0. The number of esters is 1. The first-order valence-corrected chi connectivity index (χ1v) is 9.22. The summed E-state index contributed by atoms with van der Waals surface area (Å²) in [5.41, 5.74) is 5.12. The van der Waals surface area contributed by atoms with Gasteiger partial charge in [-0.25, -0.2) is 14.6 Å². The lowest BCUT2D eigenvalue weighted by molar-refractivity contribution is 0.0468. The van der Waals surface area contributed by atoms with Crippen LogP contribution in [0.25, 0.3) is 11.0 Å². The van der Waals surface area contributed by atoms with Crippen molar-refractivity contribution in [3.63, 3.8) is 0 Å².